The number of carboxylic acid groups (broad SMARTS) is 1. The van der Waals surface area contributed by atoms with E-state index in [1.165, 1.54) is 0 Å². The Morgan fingerprint density at radius 3 is 2.84 bits per heavy atom. The number of hydrogen-bond acceptors (Lipinski definition) is 4. The number of rotatable bonds is 3. The number of hydrogen-bond donors (Lipinski definition) is 2. The van der Waals surface area contributed by atoms with E-state index in [2.05, 4.69) is 0 Å². The van der Waals surface area contributed by atoms with Crippen LogP contribution in [-0.4, -0.2) is 53.7 Å². The van der Waals surface area contributed by atoms with Crippen LogP contribution in [-0.2, 0) is 14.3 Å². The normalized spacial score (nSPS) is 32.1. The van der Waals surface area contributed by atoms with Crippen molar-refractivity contribution >= 4 is 11.9 Å². The molecular weight excluding hydrogens is 248 g/mol. The zero-order chi connectivity index (χ0) is 13.8. The Bertz CT molecular complexity index is 348. The van der Waals surface area contributed by atoms with E-state index in [0.717, 1.165) is 25.7 Å². The van der Waals surface area contributed by atoms with Gasteiger partial charge >= 0.3 is 5.97 Å². The van der Waals surface area contributed by atoms with Gasteiger partial charge in [0, 0.05) is 18.5 Å². The molecule has 19 heavy (non-hydrogen) atoms. The standard InChI is InChI=1S/C13H22N2O4/c14-10-3-1-2-9(6-10)13(18)15-4-5-19-8-11(15)7-12(16)17/h9-11H,1-8,14H2,(H,16,17). The summed E-state index contributed by atoms with van der Waals surface area (Å²) in [6.45, 7) is 1.29. The molecule has 2 aliphatic rings. The van der Waals surface area contributed by atoms with E-state index >= 15 is 0 Å². The minimum atomic E-state index is -0.895. The summed E-state index contributed by atoms with van der Waals surface area (Å²) >= 11 is 0. The van der Waals surface area contributed by atoms with Gasteiger partial charge < -0.3 is 20.5 Å². The maximum Gasteiger partial charge on any atom is 0.305 e. The van der Waals surface area contributed by atoms with Crippen LogP contribution in [0.15, 0.2) is 0 Å². The molecule has 0 spiro atoms. The molecule has 3 unspecified atom stereocenters. The van der Waals surface area contributed by atoms with Crippen molar-refractivity contribution in [1.29, 1.82) is 0 Å². The summed E-state index contributed by atoms with van der Waals surface area (Å²) in [6.07, 6.45) is 3.49. The molecule has 0 radical (unpaired) electrons. The lowest BCUT2D eigenvalue weighted by Crippen LogP contribution is -2.52. The molecule has 1 saturated carbocycles. The van der Waals surface area contributed by atoms with Gasteiger partial charge in [-0.15, -0.1) is 0 Å². The molecule has 0 aromatic rings. The van der Waals surface area contributed by atoms with Crippen LogP contribution in [0, 0.1) is 5.92 Å². The first-order valence-corrected chi connectivity index (χ1v) is 6.93. The number of morpholine rings is 1. The summed E-state index contributed by atoms with van der Waals surface area (Å²) in [4.78, 5) is 25.1. The average Bonchev–Trinajstić information content (AvgIpc) is 2.38. The lowest BCUT2D eigenvalue weighted by atomic mass is 9.85. The summed E-state index contributed by atoms with van der Waals surface area (Å²) in [5.74, 6) is -0.878. The Kier molecular flexibility index (Phi) is 4.76. The fourth-order valence-corrected chi connectivity index (χ4v) is 3.00. The van der Waals surface area contributed by atoms with Gasteiger partial charge in [0.15, 0.2) is 0 Å². The number of carbonyl (C=O) groups is 2. The van der Waals surface area contributed by atoms with Crippen LogP contribution in [0.5, 0.6) is 0 Å². The van der Waals surface area contributed by atoms with Gasteiger partial charge in [-0.05, 0) is 19.3 Å². The predicted molar refractivity (Wildman–Crippen MR) is 68.5 cm³/mol. The zero-order valence-corrected chi connectivity index (χ0v) is 11.1. The Hall–Kier alpha value is -1.14. The molecule has 6 nitrogen and oxygen atoms in total. The van der Waals surface area contributed by atoms with E-state index in [9.17, 15) is 9.59 Å². The molecule has 0 aromatic carbocycles. The number of ether oxygens (including phenoxy) is 1. The highest BCUT2D eigenvalue weighted by Gasteiger charge is 2.34. The molecule has 1 amide bonds. The van der Waals surface area contributed by atoms with Crippen molar-refractivity contribution in [3.63, 3.8) is 0 Å². The Labute approximate surface area is 112 Å². The van der Waals surface area contributed by atoms with Gasteiger partial charge in [0.2, 0.25) is 5.91 Å². The number of carboxylic acids is 1. The number of carbonyl (C=O) groups excluding carboxylic acids is 1. The number of aliphatic carboxylic acids is 1. The van der Waals surface area contributed by atoms with Gasteiger partial charge in [-0.1, -0.05) is 6.42 Å². The number of nitrogens with zero attached hydrogens (tertiary/aromatic N) is 1. The first-order chi connectivity index (χ1) is 9.08. The van der Waals surface area contributed by atoms with Crippen LogP contribution in [0.4, 0.5) is 0 Å². The van der Waals surface area contributed by atoms with Crippen molar-refractivity contribution < 1.29 is 19.4 Å². The van der Waals surface area contributed by atoms with Crippen LogP contribution in [0.25, 0.3) is 0 Å². The van der Waals surface area contributed by atoms with Crippen LogP contribution < -0.4 is 5.73 Å². The van der Waals surface area contributed by atoms with Crippen molar-refractivity contribution in [1.82, 2.24) is 4.90 Å². The van der Waals surface area contributed by atoms with Gasteiger partial charge in [0.05, 0.1) is 25.7 Å². The van der Waals surface area contributed by atoms with Crippen molar-refractivity contribution in [2.45, 2.75) is 44.2 Å². The molecule has 1 aliphatic carbocycles. The zero-order valence-electron chi connectivity index (χ0n) is 11.1. The fourth-order valence-electron chi connectivity index (χ4n) is 3.00. The Morgan fingerprint density at radius 2 is 2.16 bits per heavy atom. The number of nitrogens with two attached hydrogens (primary N) is 1. The minimum Gasteiger partial charge on any atom is -0.481 e. The highest BCUT2D eigenvalue weighted by atomic mass is 16.5. The minimum absolute atomic E-state index is 0.0434. The molecule has 1 aliphatic heterocycles. The molecule has 2 rings (SSSR count). The van der Waals surface area contributed by atoms with E-state index in [1.807, 2.05) is 0 Å². The highest BCUT2D eigenvalue weighted by Crippen LogP contribution is 2.26. The summed E-state index contributed by atoms with van der Waals surface area (Å²) in [5.41, 5.74) is 5.92. The third kappa shape index (κ3) is 3.67. The van der Waals surface area contributed by atoms with E-state index in [0.29, 0.717) is 19.8 Å². The van der Waals surface area contributed by atoms with Gasteiger partial charge in [0.1, 0.15) is 0 Å². The molecular formula is C13H22N2O4. The lowest BCUT2D eigenvalue weighted by Gasteiger charge is -2.38. The van der Waals surface area contributed by atoms with Crippen molar-refractivity contribution in [2.24, 2.45) is 11.7 Å². The Balaban J connectivity index is 2.00. The second-order valence-electron chi connectivity index (χ2n) is 5.48. The fraction of sp³-hybridized carbons (Fsp3) is 0.846. The topological polar surface area (TPSA) is 92.9 Å². The maximum atomic E-state index is 12.5. The van der Waals surface area contributed by atoms with Crippen LogP contribution in [0.1, 0.15) is 32.1 Å². The SMILES string of the molecule is NC1CCCC(C(=O)N2CCOCC2CC(=O)O)C1. The molecule has 0 aromatic heterocycles. The molecule has 108 valence electrons. The van der Waals surface area contributed by atoms with Gasteiger partial charge in [-0.2, -0.15) is 0 Å². The quantitative estimate of drug-likeness (QED) is 0.764. The van der Waals surface area contributed by atoms with Crippen molar-refractivity contribution in [2.75, 3.05) is 19.8 Å². The highest BCUT2D eigenvalue weighted by molar-refractivity contribution is 5.80. The molecule has 3 atom stereocenters. The molecule has 1 saturated heterocycles. The van der Waals surface area contributed by atoms with E-state index in [-0.39, 0.29) is 30.3 Å². The van der Waals surface area contributed by atoms with Gasteiger partial charge in [-0.3, -0.25) is 9.59 Å². The van der Waals surface area contributed by atoms with Crippen LogP contribution in [0.2, 0.25) is 0 Å². The smallest absolute Gasteiger partial charge is 0.305 e. The molecule has 0 bridgehead atoms. The largest absolute Gasteiger partial charge is 0.481 e. The second kappa shape index (κ2) is 6.34. The first-order valence-electron chi connectivity index (χ1n) is 6.93. The lowest BCUT2D eigenvalue weighted by molar-refractivity contribution is -0.149. The molecule has 3 N–H and O–H groups in total. The van der Waals surface area contributed by atoms with Crippen LogP contribution in [0.3, 0.4) is 0 Å². The summed E-state index contributed by atoms with van der Waals surface area (Å²) in [7, 11) is 0. The van der Waals surface area contributed by atoms with E-state index in [4.69, 9.17) is 15.6 Å². The molecule has 2 fully saturated rings. The summed E-state index contributed by atoms with van der Waals surface area (Å²) in [5, 5.41) is 8.90. The monoisotopic (exact) mass is 270 g/mol. The molecule has 1 heterocycles. The van der Waals surface area contributed by atoms with E-state index < -0.39 is 5.97 Å². The predicted octanol–water partition coefficient (Wildman–Crippen LogP) is 0.206. The average molecular weight is 270 g/mol. The first kappa shape index (κ1) is 14.3. The van der Waals surface area contributed by atoms with E-state index in [1.54, 1.807) is 4.90 Å². The summed E-state index contributed by atoms with van der Waals surface area (Å²) < 4.78 is 5.29. The molecule has 6 heteroatoms. The van der Waals surface area contributed by atoms with Gasteiger partial charge in [0.25, 0.3) is 0 Å². The summed E-state index contributed by atoms with van der Waals surface area (Å²) in [6, 6.07) is -0.237. The maximum absolute atomic E-state index is 12.5. The number of amides is 1. The third-order valence-corrected chi connectivity index (χ3v) is 3.98. The Morgan fingerprint density at radius 1 is 1.37 bits per heavy atom. The van der Waals surface area contributed by atoms with Crippen molar-refractivity contribution in [3.05, 3.63) is 0 Å². The van der Waals surface area contributed by atoms with Crippen molar-refractivity contribution in [3.8, 4) is 0 Å². The third-order valence-electron chi connectivity index (χ3n) is 3.98. The van der Waals surface area contributed by atoms with Gasteiger partial charge in [-0.25, -0.2) is 0 Å². The second-order valence-corrected chi connectivity index (χ2v) is 5.48. The van der Waals surface area contributed by atoms with Crippen LogP contribution >= 0.6 is 0 Å².